The summed E-state index contributed by atoms with van der Waals surface area (Å²) in [6.45, 7) is 1.97. The van der Waals surface area contributed by atoms with Gasteiger partial charge in [0.05, 0.1) is 18.0 Å². The topological polar surface area (TPSA) is 93.0 Å². The predicted molar refractivity (Wildman–Crippen MR) is 116 cm³/mol. The van der Waals surface area contributed by atoms with Gasteiger partial charge in [-0.15, -0.1) is 0 Å². The highest BCUT2D eigenvalue weighted by Gasteiger charge is 2.12. The number of nitrogens with one attached hydrogen (secondary N) is 1. The Labute approximate surface area is 168 Å². The highest BCUT2D eigenvalue weighted by atomic mass is 16.5. The molecular weight excluding hydrogens is 364 g/mol. The van der Waals surface area contributed by atoms with Crippen LogP contribution in [0.3, 0.4) is 0 Å². The molecule has 3 heterocycles. The second kappa shape index (κ2) is 7.73. The Morgan fingerprint density at radius 2 is 2.03 bits per heavy atom. The van der Waals surface area contributed by atoms with Gasteiger partial charge in [-0.3, -0.25) is 0 Å². The Morgan fingerprint density at radius 3 is 2.79 bits per heavy atom. The van der Waals surface area contributed by atoms with Gasteiger partial charge in [-0.05, 0) is 30.7 Å². The normalized spacial score (nSPS) is 12.2. The smallest absolute Gasteiger partial charge is 0.224 e. The molecule has 0 saturated heterocycles. The van der Waals surface area contributed by atoms with E-state index in [9.17, 15) is 0 Å². The van der Waals surface area contributed by atoms with Crippen LogP contribution in [0.5, 0.6) is 5.88 Å². The lowest BCUT2D eigenvalue weighted by Gasteiger charge is -2.10. The van der Waals surface area contributed by atoms with Gasteiger partial charge in [-0.25, -0.2) is 20.8 Å². The number of methoxy groups -OCH3 is 1. The molecule has 3 aromatic heterocycles. The SMILES string of the molecule is C/C=C/C(=C\N(C)N)c1cnc2[nH]cc(-c3ccc4ncnc(OC)c4c3)c2c1. The van der Waals surface area contributed by atoms with E-state index in [2.05, 4.69) is 26.0 Å². The molecule has 0 fully saturated rings. The first kappa shape index (κ1) is 18.6. The fourth-order valence-electron chi connectivity index (χ4n) is 3.38. The van der Waals surface area contributed by atoms with Gasteiger partial charge in [0, 0.05) is 47.7 Å². The highest BCUT2D eigenvalue weighted by molar-refractivity contribution is 5.98. The van der Waals surface area contributed by atoms with E-state index in [0.29, 0.717) is 5.88 Å². The summed E-state index contributed by atoms with van der Waals surface area (Å²) < 4.78 is 5.40. The standard InChI is InChI=1S/C22H22N6O/c1-4-5-15(12-28(2)23)16-9-17-19(11-25-21(17)24-10-16)14-6-7-20-18(8-14)22(29-3)27-13-26-20/h4-13H,23H2,1-3H3,(H,24,25)/b5-4+,15-12+. The molecule has 1 aromatic carbocycles. The fraction of sp³-hybridized carbons (Fsp3) is 0.136. The minimum atomic E-state index is 0.555. The van der Waals surface area contributed by atoms with Crippen molar-refractivity contribution in [1.82, 2.24) is 24.9 Å². The molecule has 0 aliphatic rings. The van der Waals surface area contributed by atoms with E-state index in [4.69, 9.17) is 10.6 Å². The summed E-state index contributed by atoms with van der Waals surface area (Å²) in [6, 6.07) is 8.17. The molecule has 0 unspecified atom stereocenters. The third-order valence-electron chi connectivity index (χ3n) is 4.66. The number of allylic oxidation sites excluding steroid dienone is 3. The van der Waals surface area contributed by atoms with Crippen molar-refractivity contribution in [3.63, 3.8) is 0 Å². The maximum atomic E-state index is 5.83. The molecule has 0 saturated carbocycles. The molecule has 0 atom stereocenters. The van der Waals surface area contributed by atoms with E-state index in [1.807, 2.05) is 55.9 Å². The lowest BCUT2D eigenvalue weighted by molar-refractivity contribution is 0.402. The number of nitrogens with zero attached hydrogens (tertiary/aromatic N) is 4. The van der Waals surface area contributed by atoms with Gasteiger partial charge in [0.15, 0.2) is 0 Å². The summed E-state index contributed by atoms with van der Waals surface area (Å²) in [5.41, 5.74) is 5.69. The van der Waals surface area contributed by atoms with Crippen LogP contribution in [-0.4, -0.2) is 39.1 Å². The molecule has 0 aliphatic heterocycles. The van der Waals surface area contributed by atoms with Crippen LogP contribution in [0.1, 0.15) is 12.5 Å². The maximum Gasteiger partial charge on any atom is 0.224 e. The summed E-state index contributed by atoms with van der Waals surface area (Å²) in [5, 5.41) is 3.42. The number of aromatic nitrogens is 4. The fourth-order valence-corrected chi connectivity index (χ4v) is 3.38. The summed E-state index contributed by atoms with van der Waals surface area (Å²) in [7, 11) is 3.40. The number of ether oxygens (including phenoxy) is 1. The molecule has 0 amide bonds. The Kier molecular flexibility index (Phi) is 4.97. The van der Waals surface area contributed by atoms with Crippen LogP contribution >= 0.6 is 0 Å². The van der Waals surface area contributed by atoms with E-state index in [1.165, 1.54) is 11.3 Å². The maximum absolute atomic E-state index is 5.83. The summed E-state index contributed by atoms with van der Waals surface area (Å²) in [4.78, 5) is 16.4. The van der Waals surface area contributed by atoms with Gasteiger partial charge in [0.25, 0.3) is 0 Å². The zero-order chi connectivity index (χ0) is 20.4. The number of rotatable bonds is 5. The van der Waals surface area contributed by atoms with Crippen LogP contribution < -0.4 is 10.6 Å². The average Bonchev–Trinajstić information content (AvgIpc) is 3.15. The van der Waals surface area contributed by atoms with Crippen molar-refractivity contribution in [3.8, 4) is 17.0 Å². The number of aromatic amines is 1. The van der Waals surface area contributed by atoms with Crippen molar-refractivity contribution in [2.24, 2.45) is 5.84 Å². The van der Waals surface area contributed by atoms with Crippen molar-refractivity contribution in [2.45, 2.75) is 6.92 Å². The first-order valence-corrected chi connectivity index (χ1v) is 9.19. The highest BCUT2D eigenvalue weighted by Crippen LogP contribution is 2.33. The Bertz CT molecular complexity index is 1240. The number of pyridine rings is 1. The molecular formula is C22H22N6O. The molecule has 29 heavy (non-hydrogen) atoms. The molecule has 146 valence electrons. The second-order valence-electron chi connectivity index (χ2n) is 6.69. The number of nitrogens with two attached hydrogens (primary N) is 1. The first-order chi connectivity index (χ1) is 14.1. The minimum absolute atomic E-state index is 0.555. The van der Waals surface area contributed by atoms with Gasteiger partial charge in [0.2, 0.25) is 5.88 Å². The van der Waals surface area contributed by atoms with Gasteiger partial charge >= 0.3 is 0 Å². The van der Waals surface area contributed by atoms with Crippen molar-refractivity contribution in [3.05, 3.63) is 66.9 Å². The van der Waals surface area contributed by atoms with E-state index in [-0.39, 0.29) is 0 Å². The van der Waals surface area contributed by atoms with Crippen molar-refractivity contribution >= 4 is 27.5 Å². The number of hydrogen-bond acceptors (Lipinski definition) is 6. The quantitative estimate of drug-likeness (QED) is 0.307. The first-order valence-electron chi connectivity index (χ1n) is 9.19. The molecule has 0 bridgehead atoms. The molecule has 0 aliphatic carbocycles. The molecule has 3 N–H and O–H groups in total. The number of benzene rings is 1. The minimum Gasteiger partial charge on any atom is -0.480 e. The number of fused-ring (bicyclic) bond motifs is 2. The molecule has 7 heteroatoms. The summed E-state index contributed by atoms with van der Waals surface area (Å²) in [5.74, 6) is 6.38. The van der Waals surface area contributed by atoms with Crippen LogP contribution in [-0.2, 0) is 0 Å². The Morgan fingerprint density at radius 1 is 1.17 bits per heavy atom. The number of H-pyrrole nitrogens is 1. The third kappa shape index (κ3) is 3.55. The monoisotopic (exact) mass is 386 g/mol. The van der Waals surface area contributed by atoms with Crippen LogP contribution in [0, 0.1) is 0 Å². The van der Waals surface area contributed by atoms with Crippen LogP contribution in [0.25, 0.3) is 38.6 Å². The molecule has 0 radical (unpaired) electrons. The molecule has 7 nitrogen and oxygen atoms in total. The lowest BCUT2D eigenvalue weighted by Crippen LogP contribution is -2.19. The summed E-state index contributed by atoms with van der Waals surface area (Å²) >= 11 is 0. The van der Waals surface area contributed by atoms with Gasteiger partial charge in [-0.1, -0.05) is 18.2 Å². The number of hydrazine groups is 1. The van der Waals surface area contributed by atoms with E-state index < -0.39 is 0 Å². The van der Waals surface area contributed by atoms with Crippen LogP contribution in [0.2, 0.25) is 0 Å². The number of hydrogen-bond donors (Lipinski definition) is 2. The van der Waals surface area contributed by atoms with Gasteiger partial charge in [0.1, 0.15) is 12.0 Å². The van der Waals surface area contributed by atoms with Crippen molar-refractivity contribution in [1.29, 1.82) is 0 Å². The Balaban J connectivity index is 1.88. The largest absolute Gasteiger partial charge is 0.480 e. The molecule has 0 spiro atoms. The predicted octanol–water partition coefficient (Wildman–Crippen LogP) is 3.90. The van der Waals surface area contributed by atoms with Gasteiger partial charge < -0.3 is 14.7 Å². The summed E-state index contributed by atoms with van der Waals surface area (Å²) in [6.07, 6.45) is 11.2. The Hall–Kier alpha value is -3.71. The zero-order valence-corrected chi connectivity index (χ0v) is 16.5. The average molecular weight is 386 g/mol. The lowest BCUT2D eigenvalue weighted by atomic mass is 10.0. The molecule has 4 aromatic rings. The third-order valence-corrected chi connectivity index (χ3v) is 4.66. The molecule has 4 rings (SSSR count). The zero-order valence-electron chi connectivity index (χ0n) is 16.5. The van der Waals surface area contributed by atoms with Crippen molar-refractivity contribution in [2.75, 3.05) is 14.2 Å². The van der Waals surface area contributed by atoms with E-state index >= 15 is 0 Å². The second-order valence-corrected chi connectivity index (χ2v) is 6.69. The van der Waals surface area contributed by atoms with Crippen molar-refractivity contribution < 1.29 is 4.74 Å². The van der Waals surface area contributed by atoms with Crippen LogP contribution in [0.4, 0.5) is 0 Å². The van der Waals surface area contributed by atoms with E-state index in [1.54, 1.807) is 14.2 Å². The van der Waals surface area contributed by atoms with Crippen LogP contribution in [0.15, 0.2) is 61.3 Å². The van der Waals surface area contributed by atoms with Gasteiger partial charge in [-0.2, -0.15) is 0 Å². The van der Waals surface area contributed by atoms with E-state index in [0.717, 1.165) is 44.2 Å².